The van der Waals surface area contributed by atoms with Gasteiger partial charge in [-0.3, -0.25) is 0 Å². The van der Waals surface area contributed by atoms with Gasteiger partial charge in [0, 0.05) is 20.6 Å². The van der Waals surface area contributed by atoms with Gasteiger partial charge < -0.3 is 5.11 Å². The van der Waals surface area contributed by atoms with Gasteiger partial charge in [-0.1, -0.05) is 36.4 Å². The summed E-state index contributed by atoms with van der Waals surface area (Å²) in [4.78, 5) is 0.619. The maximum atomic E-state index is 16.2. The van der Waals surface area contributed by atoms with E-state index in [0.717, 1.165) is 19.3 Å². The van der Waals surface area contributed by atoms with Gasteiger partial charge in [0.15, 0.2) is 0 Å². The molecule has 42 heavy (non-hydrogen) atoms. The minimum Gasteiger partial charge on any atom is -0.508 e. The van der Waals surface area contributed by atoms with Crippen LogP contribution in [0.4, 0.5) is 17.6 Å². The van der Waals surface area contributed by atoms with E-state index in [0.29, 0.717) is 18.3 Å². The molecule has 7 rings (SSSR count). The lowest BCUT2D eigenvalue weighted by Gasteiger charge is -2.44. The Labute approximate surface area is 244 Å². The van der Waals surface area contributed by atoms with Gasteiger partial charge in [0.05, 0.1) is 0 Å². The van der Waals surface area contributed by atoms with Gasteiger partial charge in [-0.15, -0.1) is 0 Å². The lowest BCUT2D eigenvalue weighted by atomic mass is 9.66. The first kappa shape index (κ1) is 28.2. The van der Waals surface area contributed by atoms with Gasteiger partial charge in [0.2, 0.25) is 0 Å². The highest BCUT2D eigenvalue weighted by atomic mass is 32.3. The van der Waals surface area contributed by atoms with Crippen LogP contribution in [0.5, 0.6) is 5.75 Å². The van der Waals surface area contributed by atoms with Crippen molar-refractivity contribution in [1.29, 1.82) is 0 Å². The number of halogens is 4. The van der Waals surface area contributed by atoms with Crippen LogP contribution in [-0.2, 0) is 13.7 Å². The zero-order valence-electron chi connectivity index (χ0n) is 22.7. The monoisotopic (exact) mass is 620 g/mol. The maximum absolute atomic E-state index is 16.2. The number of hydrogen-bond acceptors (Lipinski definition) is 4. The van der Waals surface area contributed by atoms with Gasteiger partial charge in [-0.25, -0.2) is 3.63 Å². The zero-order chi connectivity index (χ0) is 29.5. The van der Waals surface area contributed by atoms with E-state index in [9.17, 15) is 13.5 Å². The Kier molecular flexibility index (Phi) is 6.53. The average Bonchev–Trinajstić information content (AvgIpc) is 3.78. The van der Waals surface area contributed by atoms with Crippen LogP contribution in [0.2, 0.25) is 0 Å². The molecule has 4 nitrogen and oxygen atoms in total. The third-order valence-corrected chi connectivity index (χ3v) is 15.7. The molecule has 4 aliphatic rings. The van der Waals surface area contributed by atoms with Crippen molar-refractivity contribution in [3.05, 3.63) is 84.9 Å². The first-order valence-electron chi connectivity index (χ1n) is 14.4. The first-order chi connectivity index (χ1) is 20.0. The quantitative estimate of drug-likeness (QED) is 0.203. The van der Waals surface area contributed by atoms with Crippen molar-refractivity contribution in [2.45, 2.75) is 58.0 Å². The number of alkyl halides is 4. The molecule has 3 aromatic rings. The highest BCUT2D eigenvalue weighted by Crippen LogP contribution is 2.74. The molecular weight excluding hydrogens is 588 g/mol. The molecule has 1 N–H and O–H groups in total. The van der Waals surface area contributed by atoms with E-state index in [-0.39, 0.29) is 44.6 Å². The van der Waals surface area contributed by atoms with Crippen LogP contribution in [0.1, 0.15) is 32.1 Å². The van der Waals surface area contributed by atoms with Gasteiger partial charge in [0.1, 0.15) is 5.75 Å². The molecule has 10 heteroatoms. The fourth-order valence-electron chi connectivity index (χ4n) is 8.93. The van der Waals surface area contributed by atoms with E-state index in [4.69, 9.17) is 3.63 Å². The summed E-state index contributed by atoms with van der Waals surface area (Å²) in [7, 11) is -9.74. The highest BCUT2D eigenvalue weighted by Gasteiger charge is 2.76. The molecule has 7 unspecified atom stereocenters. The molecule has 0 aliphatic heterocycles. The van der Waals surface area contributed by atoms with Crippen LogP contribution in [-0.4, -0.2) is 24.7 Å². The Balaban J connectivity index is 1.31. The molecule has 4 bridgehead atoms. The van der Waals surface area contributed by atoms with Gasteiger partial charge in [0.25, 0.3) is 0 Å². The predicted octanol–water partition coefficient (Wildman–Crippen LogP) is 8.48. The molecule has 4 aliphatic carbocycles. The Morgan fingerprint density at radius 3 is 1.76 bits per heavy atom. The number of phenols is 1. The summed E-state index contributed by atoms with van der Waals surface area (Å²) in [6, 6.07) is 21.2. The van der Waals surface area contributed by atoms with Gasteiger partial charge >= 0.3 is 21.3 Å². The first-order valence-corrected chi connectivity index (χ1v) is 17.4. The van der Waals surface area contributed by atoms with E-state index >= 15 is 17.6 Å². The van der Waals surface area contributed by atoms with Crippen molar-refractivity contribution in [2.24, 2.45) is 41.4 Å². The van der Waals surface area contributed by atoms with Crippen LogP contribution in [0.25, 0.3) is 0 Å². The summed E-state index contributed by atoms with van der Waals surface area (Å²) in [5.74, 6) is -6.28. The number of rotatable bonds is 8. The average molecular weight is 621 g/mol. The molecular formula is C32H32F4O4S2. The van der Waals surface area contributed by atoms with Crippen molar-refractivity contribution in [3.63, 3.8) is 0 Å². The number of hydrogen-bond donors (Lipinski definition) is 1. The van der Waals surface area contributed by atoms with Crippen LogP contribution in [0.3, 0.4) is 0 Å². The topological polar surface area (TPSA) is 63.6 Å². The Morgan fingerprint density at radius 2 is 1.19 bits per heavy atom. The second kappa shape index (κ2) is 9.72. The molecule has 4 fully saturated rings. The minimum absolute atomic E-state index is 0.0202. The Bertz CT molecular complexity index is 1530. The van der Waals surface area contributed by atoms with Crippen molar-refractivity contribution >= 4 is 20.4 Å². The lowest BCUT2D eigenvalue weighted by Crippen LogP contribution is -2.55. The molecule has 4 saturated carbocycles. The normalized spacial score (nSPS) is 30.9. The molecule has 224 valence electrons. The highest BCUT2D eigenvalue weighted by molar-refractivity contribution is 8.33. The third kappa shape index (κ3) is 3.93. The lowest BCUT2D eigenvalue weighted by molar-refractivity contribution is -0.209. The summed E-state index contributed by atoms with van der Waals surface area (Å²) >= 11 is 0. The van der Waals surface area contributed by atoms with Crippen LogP contribution < -0.4 is 0 Å². The Hall–Kier alpha value is -2.56. The minimum atomic E-state index is -6.23. The standard InChI is InChI=1S/C32H32F4O4S2/c33-31(34,28-19-22-18-27(28)30-21-12-11-20(17-21)29(22)30)32(35,36)42(38,39)40-41(24-7-3-1-4-8-24,25-9-5-2-6-10-25)26-15-13-23(37)14-16-26/h1-10,13-16,20-22,27-30,37H,11-12,17-19H2. The van der Waals surface area contributed by atoms with Gasteiger partial charge in [-0.2, -0.15) is 26.0 Å². The molecule has 0 saturated heterocycles. The summed E-state index contributed by atoms with van der Waals surface area (Å²) in [5, 5.41) is 4.47. The molecule has 7 atom stereocenters. The van der Waals surface area contributed by atoms with Gasteiger partial charge in [-0.05, 0) is 126 Å². The van der Waals surface area contributed by atoms with Crippen molar-refractivity contribution < 1.29 is 34.7 Å². The summed E-state index contributed by atoms with van der Waals surface area (Å²) in [5.41, 5.74) is 0. The number of phenolic OH excluding ortho intramolecular Hbond substituents is 1. The summed E-state index contributed by atoms with van der Waals surface area (Å²) in [6.45, 7) is 0. The molecule has 0 radical (unpaired) electrons. The fourth-order valence-corrected chi connectivity index (χ4v) is 14.2. The molecule has 0 amide bonds. The molecule has 0 heterocycles. The van der Waals surface area contributed by atoms with E-state index < -0.39 is 43.4 Å². The molecule has 0 spiro atoms. The second-order valence-electron chi connectivity index (χ2n) is 12.3. The van der Waals surface area contributed by atoms with E-state index in [2.05, 4.69) is 0 Å². The number of benzene rings is 3. The van der Waals surface area contributed by atoms with Crippen LogP contribution in [0.15, 0.2) is 99.6 Å². The fraction of sp³-hybridized carbons (Fsp3) is 0.438. The number of aromatic hydroxyl groups is 1. The maximum Gasteiger partial charge on any atom is 0.432 e. The third-order valence-electron chi connectivity index (χ3n) is 10.4. The predicted molar refractivity (Wildman–Crippen MR) is 151 cm³/mol. The molecule has 3 aromatic carbocycles. The van der Waals surface area contributed by atoms with Crippen LogP contribution >= 0.6 is 10.3 Å². The van der Waals surface area contributed by atoms with E-state index in [1.54, 1.807) is 36.4 Å². The van der Waals surface area contributed by atoms with Crippen molar-refractivity contribution in [2.75, 3.05) is 0 Å². The largest absolute Gasteiger partial charge is 0.508 e. The SMILES string of the molecule is O=S(=O)(OS(c1ccccc1)(c1ccccc1)c1ccc(O)cc1)C(F)(F)C(F)(F)C1CC2CC1C1C3CCC(C3)C21. The zero-order valence-corrected chi connectivity index (χ0v) is 24.3. The summed E-state index contributed by atoms with van der Waals surface area (Å²) in [6.07, 6.45) is 3.38. The van der Waals surface area contributed by atoms with Crippen molar-refractivity contribution in [3.8, 4) is 5.75 Å². The summed E-state index contributed by atoms with van der Waals surface area (Å²) < 4.78 is 97.7. The van der Waals surface area contributed by atoms with E-state index in [1.165, 1.54) is 48.5 Å². The van der Waals surface area contributed by atoms with Crippen molar-refractivity contribution in [1.82, 2.24) is 0 Å². The van der Waals surface area contributed by atoms with E-state index in [1.807, 2.05) is 0 Å². The second-order valence-corrected chi connectivity index (χ2v) is 16.8. The molecule has 0 aromatic heterocycles. The van der Waals surface area contributed by atoms with Crippen LogP contribution in [0, 0.1) is 41.4 Å². The number of fused-ring (bicyclic) bond motifs is 9. The smallest absolute Gasteiger partial charge is 0.432 e. The Morgan fingerprint density at radius 1 is 0.667 bits per heavy atom.